The van der Waals surface area contributed by atoms with Gasteiger partial charge in [0.2, 0.25) is 0 Å². The summed E-state index contributed by atoms with van der Waals surface area (Å²) in [6.45, 7) is 14.0. The fraction of sp³-hybridized carbons (Fsp3) is 0.500. The third-order valence-electron chi connectivity index (χ3n) is 1.30. The van der Waals surface area contributed by atoms with E-state index in [2.05, 4.69) is 27.0 Å². The first-order valence-electron chi connectivity index (χ1n) is 4.81. The van der Waals surface area contributed by atoms with E-state index in [4.69, 9.17) is 0 Å². The lowest BCUT2D eigenvalue weighted by Crippen LogP contribution is -1.85. The van der Waals surface area contributed by atoms with Crippen LogP contribution in [0.25, 0.3) is 0 Å². The summed E-state index contributed by atoms with van der Waals surface area (Å²) >= 11 is 0. The summed E-state index contributed by atoms with van der Waals surface area (Å²) in [6.07, 6.45) is 1.66. The normalized spacial score (nSPS) is 11.0. The van der Waals surface area contributed by atoms with E-state index in [1.54, 1.807) is 6.92 Å². The average Bonchev–Trinajstić information content (AvgIpc) is 2.15. The van der Waals surface area contributed by atoms with Gasteiger partial charge in [0.05, 0.1) is 0 Å². The molecule has 0 saturated heterocycles. The second kappa shape index (κ2) is 8.67. The molecule has 0 aliphatic carbocycles. The highest BCUT2D eigenvalue weighted by molar-refractivity contribution is 5.33. The predicted octanol–water partition coefficient (Wildman–Crippen LogP) is 5.10. The minimum Gasteiger partial charge on any atom is -0.203 e. The van der Waals surface area contributed by atoms with E-state index in [9.17, 15) is 8.78 Å². The van der Waals surface area contributed by atoms with Crippen molar-refractivity contribution in [3.8, 4) is 0 Å². The summed E-state index contributed by atoms with van der Waals surface area (Å²) < 4.78 is 25.5. The van der Waals surface area contributed by atoms with Crippen molar-refractivity contribution >= 4 is 0 Å². The molecule has 0 radical (unpaired) electrons. The SMILES string of the molecule is C=C(C)/C(F)=C(/F)C(=C)CC.CCC. The van der Waals surface area contributed by atoms with Crippen molar-refractivity contribution in [2.45, 2.75) is 40.5 Å². The van der Waals surface area contributed by atoms with Gasteiger partial charge in [0, 0.05) is 0 Å². The van der Waals surface area contributed by atoms with Crippen molar-refractivity contribution in [1.82, 2.24) is 0 Å². The molecule has 0 fully saturated rings. The van der Waals surface area contributed by atoms with Crippen LogP contribution in [0.15, 0.2) is 36.0 Å². The summed E-state index contributed by atoms with van der Waals surface area (Å²) in [7, 11) is 0. The van der Waals surface area contributed by atoms with Gasteiger partial charge < -0.3 is 0 Å². The van der Waals surface area contributed by atoms with Gasteiger partial charge in [-0.25, -0.2) is 8.78 Å². The summed E-state index contributed by atoms with van der Waals surface area (Å²) in [5.74, 6) is -1.77. The van der Waals surface area contributed by atoms with Gasteiger partial charge in [-0.3, -0.25) is 0 Å². The Balaban J connectivity index is 0. The molecule has 0 saturated carbocycles. The highest BCUT2D eigenvalue weighted by Gasteiger charge is 2.08. The molecule has 0 unspecified atom stereocenters. The molecule has 0 aromatic carbocycles. The second-order valence-electron chi connectivity index (χ2n) is 3.07. The molecule has 0 nitrogen and oxygen atoms in total. The van der Waals surface area contributed by atoms with E-state index in [0.29, 0.717) is 6.42 Å². The fourth-order valence-electron chi connectivity index (χ4n) is 0.498. The molecule has 0 amide bonds. The Morgan fingerprint density at radius 3 is 1.57 bits per heavy atom. The monoisotopic (exact) mass is 202 g/mol. The van der Waals surface area contributed by atoms with Crippen molar-refractivity contribution in [3.05, 3.63) is 36.0 Å². The first kappa shape index (κ1) is 15.5. The molecule has 0 atom stereocenters. The van der Waals surface area contributed by atoms with Crippen LogP contribution in [0, 0.1) is 0 Å². The third-order valence-corrected chi connectivity index (χ3v) is 1.30. The van der Waals surface area contributed by atoms with Crippen LogP contribution in [0.4, 0.5) is 8.78 Å². The van der Waals surface area contributed by atoms with Crippen molar-refractivity contribution < 1.29 is 8.78 Å². The van der Waals surface area contributed by atoms with E-state index >= 15 is 0 Å². The highest BCUT2D eigenvalue weighted by Crippen LogP contribution is 2.22. The number of halogens is 2. The molecule has 0 aromatic rings. The molecule has 14 heavy (non-hydrogen) atoms. The molecule has 82 valence electrons. The third kappa shape index (κ3) is 6.58. The molecular weight excluding hydrogens is 182 g/mol. The average molecular weight is 202 g/mol. The Bertz CT molecular complexity index is 224. The lowest BCUT2D eigenvalue weighted by Gasteiger charge is -2.00. The Labute approximate surface area is 86.0 Å². The molecular formula is C12H20F2. The maximum atomic E-state index is 12.8. The summed E-state index contributed by atoms with van der Waals surface area (Å²) in [5.41, 5.74) is 0.266. The zero-order chi connectivity index (χ0) is 11.7. The highest BCUT2D eigenvalue weighted by atomic mass is 19.2. The van der Waals surface area contributed by atoms with Gasteiger partial charge in [-0.1, -0.05) is 40.3 Å². The molecule has 0 rings (SSSR count). The van der Waals surface area contributed by atoms with Gasteiger partial charge in [0.25, 0.3) is 0 Å². The Morgan fingerprint density at radius 1 is 1.00 bits per heavy atom. The number of hydrogen-bond donors (Lipinski definition) is 0. The molecule has 0 N–H and O–H groups in total. The van der Waals surface area contributed by atoms with E-state index < -0.39 is 11.7 Å². The van der Waals surface area contributed by atoms with Crippen molar-refractivity contribution in [2.75, 3.05) is 0 Å². The van der Waals surface area contributed by atoms with Crippen LogP contribution in [0.3, 0.4) is 0 Å². The molecule has 0 aromatic heterocycles. The second-order valence-corrected chi connectivity index (χ2v) is 3.07. The zero-order valence-corrected chi connectivity index (χ0v) is 9.58. The van der Waals surface area contributed by atoms with Crippen molar-refractivity contribution in [2.24, 2.45) is 0 Å². The van der Waals surface area contributed by atoms with E-state index in [1.807, 2.05) is 0 Å². The van der Waals surface area contributed by atoms with E-state index in [1.165, 1.54) is 13.3 Å². The van der Waals surface area contributed by atoms with Gasteiger partial charge in [-0.05, 0) is 24.5 Å². The van der Waals surface area contributed by atoms with Gasteiger partial charge in [0.1, 0.15) is 0 Å². The zero-order valence-electron chi connectivity index (χ0n) is 9.58. The fourth-order valence-corrected chi connectivity index (χ4v) is 0.498. The summed E-state index contributed by atoms with van der Waals surface area (Å²) in [6, 6.07) is 0. The molecule has 0 aliphatic rings. The molecule has 0 spiro atoms. The number of allylic oxidation sites excluding steroid dienone is 4. The number of hydrogen-bond acceptors (Lipinski definition) is 0. The lowest BCUT2D eigenvalue weighted by atomic mass is 10.1. The number of rotatable bonds is 3. The van der Waals surface area contributed by atoms with Crippen molar-refractivity contribution in [1.29, 1.82) is 0 Å². The molecule has 0 aliphatic heterocycles. The Hall–Kier alpha value is -0.920. The first-order valence-corrected chi connectivity index (χ1v) is 4.81. The topological polar surface area (TPSA) is 0 Å². The van der Waals surface area contributed by atoms with E-state index in [0.717, 1.165) is 0 Å². The van der Waals surface area contributed by atoms with Gasteiger partial charge in [-0.2, -0.15) is 0 Å². The summed E-state index contributed by atoms with van der Waals surface area (Å²) in [5, 5.41) is 0. The lowest BCUT2D eigenvalue weighted by molar-refractivity contribution is 0.552. The van der Waals surface area contributed by atoms with Crippen molar-refractivity contribution in [3.63, 3.8) is 0 Å². The van der Waals surface area contributed by atoms with Crippen LogP contribution < -0.4 is 0 Å². The van der Waals surface area contributed by atoms with Crippen LogP contribution in [0.1, 0.15) is 40.5 Å². The summed E-state index contributed by atoms with van der Waals surface area (Å²) in [4.78, 5) is 0. The quantitative estimate of drug-likeness (QED) is 0.559. The smallest absolute Gasteiger partial charge is 0.161 e. The standard InChI is InChI=1S/C9H12F2.C3H8/c1-5-7(4)9(11)8(10)6(2)3;1-3-2/h2,4-5H2,1,3H3;3H2,1-2H3/b9-8-;. The largest absolute Gasteiger partial charge is 0.203 e. The first-order chi connectivity index (χ1) is 6.42. The van der Waals surface area contributed by atoms with Crippen LogP contribution in [0.2, 0.25) is 0 Å². The Morgan fingerprint density at radius 2 is 1.36 bits per heavy atom. The van der Waals surface area contributed by atoms with Crippen LogP contribution in [-0.4, -0.2) is 0 Å². The minimum atomic E-state index is -0.892. The Kier molecular flexibility index (Phi) is 9.63. The molecule has 0 bridgehead atoms. The van der Waals surface area contributed by atoms with Gasteiger partial charge in [-0.15, -0.1) is 0 Å². The molecule has 2 heteroatoms. The minimum absolute atomic E-state index is 0.0945. The maximum absolute atomic E-state index is 12.8. The van der Waals surface area contributed by atoms with Crippen LogP contribution in [0.5, 0.6) is 0 Å². The van der Waals surface area contributed by atoms with Crippen LogP contribution >= 0.6 is 0 Å². The van der Waals surface area contributed by atoms with Crippen LogP contribution in [-0.2, 0) is 0 Å². The molecule has 0 heterocycles. The maximum Gasteiger partial charge on any atom is 0.161 e. The van der Waals surface area contributed by atoms with Gasteiger partial charge >= 0.3 is 0 Å². The van der Waals surface area contributed by atoms with Gasteiger partial charge in [0.15, 0.2) is 11.7 Å². The predicted molar refractivity (Wildman–Crippen MR) is 59.5 cm³/mol. The van der Waals surface area contributed by atoms with E-state index in [-0.39, 0.29) is 11.1 Å².